The van der Waals surface area contributed by atoms with Gasteiger partial charge in [-0.1, -0.05) is 12.1 Å². The van der Waals surface area contributed by atoms with Crippen molar-refractivity contribution >= 4 is 23.4 Å². The molecule has 1 aliphatic rings. The summed E-state index contributed by atoms with van der Waals surface area (Å²) in [6.07, 6.45) is -5.75. The van der Waals surface area contributed by atoms with Gasteiger partial charge in [-0.25, -0.2) is 17.6 Å². The highest BCUT2D eigenvalue weighted by molar-refractivity contribution is 6.24. The van der Waals surface area contributed by atoms with Gasteiger partial charge in [-0.3, -0.25) is 19.3 Å². The Morgan fingerprint density at radius 2 is 1.26 bits per heavy atom. The topological polar surface area (TPSA) is 66.5 Å². The van der Waals surface area contributed by atoms with Crippen LogP contribution in [0.25, 0.3) is 0 Å². The Balaban J connectivity index is 2.01. The molecule has 2 aromatic carbocycles. The first-order chi connectivity index (χ1) is 14.2. The molecule has 3 rings (SSSR count). The Morgan fingerprint density at radius 1 is 0.839 bits per heavy atom. The molecule has 0 saturated heterocycles. The van der Waals surface area contributed by atoms with Crippen LogP contribution < -0.4 is 5.32 Å². The van der Waals surface area contributed by atoms with Gasteiger partial charge < -0.3 is 5.32 Å². The summed E-state index contributed by atoms with van der Waals surface area (Å²) in [5, 5.41) is 1.44. The number of nitrogens with zero attached hydrogens (tertiary/aromatic N) is 1. The summed E-state index contributed by atoms with van der Waals surface area (Å²) in [5.41, 5.74) is -6.91. The second kappa shape index (κ2) is 7.06. The molecule has 0 bridgehead atoms. The lowest BCUT2D eigenvalue weighted by Crippen LogP contribution is -2.55. The number of hydrogen-bond donors (Lipinski definition) is 1. The number of hydrogen-bond acceptors (Lipinski definition) is 3. The van der Waals surface area contributed by atoms with E-state index in [-0.39, 0.29) is 11.1 Å². The van der Waals surface area contributed by atoms with Crippen molar-refractivity contribution < 1.29 is 45.1 Å². The van der Waals surface area contributed by atoms with E-state index in [2.05, 4.69) is 0 Å². The van der Waals surface area contributed by atoms with E-state index in [1.807, 2.05) is 0 Å². The number of carbonyl (C=O) groups excluding carboxylic acids is 3. The second-order valence-corrected chi connectivity index (χ2v) is 7.01. The minimum Gasteiger partial charge on any atom is -0.319 e. The smallest absolute Gasteiger partial charge is 0.319 e. The average Bonchev–Trinajstić information content (AvgIpc) is 2.94. The van der Waals surface area contributed by atoms with E-state index in [0.717, 1.165) is 13.8 Å². The zero-order valence-corrected chi connectivity index (χ0v) is 15.6. The van der Waals surface area contributed by atoms with Crippen LogP contribution in [0.5, 0.6) is 0 Å². The Labute approximate surface area is 169 Å². The van der Waals surface area contributed by atoms with Crippen molar-refractivity contribution in [3.05, 3.63) is 64.2 Å². The zero-order chi connectivity index (χ0) is 23.5. The second-order valence-electron chi connectivity index (χ2n) is 7.01. The number of alkyl halides is 3. The summed E-state index contributed by atoms with van der Waals surface area (Å²) < 4.78 is 93.8. The lowest BCUT2D eigenvalue weighted by molar-refractivity contribution is -0.143. The molecule has 1 heterocycles. The van der Waals surface area contributed by atoms with E-state index in [1.54, 1.807) is 0 Å². The van der Waals surface area contributed by atoms with Crippen molar-refractivity contribution in [2.24, 2.45) is 0 Å². The first-order valence-electron chi connectivity index (χ1n) is 8.43. The maximum absolute atomic E-state index is 14.1. The van der Waals surface area contributed by atoms with Crippen molar-refractivity contribution in [1.82, 2.24) is 4.90 Å². The van der Waals surface area contributed by atoms with E-state index >= 15 is 0 Å². The SMILES string of the molecule is CC(C)(C(=O)Nc1c(F)c(F)c(C(F)(F)F)c(F)c1F)N1C(=O)c2ccccc2C1=O. The molecule has 164 valence electrons. The van der Waals surface area contributed by atoms with Gasteiger partial charge in [-0.2, -0.15) is 13.2 Å². The van der Waals surface area contributed by atoms with E-state index in [1.165, 1.54) is 29.6 Å². The first kappa shape index (κ1) is 22.2. The highest BCUT2D eigenvalue weighted by Crippen LogP contribution is 2.39. The van der Waals surface area contributed by atoms with Gasteiger partial charge in [-0.15, -0.1) is 0 Å². The Morgan fingerprint density at radius 3 is 1.65 bits per heavy atom. The predicted molar refractivity (Wildman–Crippen MR) is 90.9 cm³/mol. The summed E-state index contributed by atoms with van der Waals surface area (Å²) >= 11 is 0. The van der Waals surface area contributed by atoms with Crippen molar-refractivity contribution in [2.45, 2.75) is 25.6 Å². The van der Waals surface area contributed by atoms with Crippen molar-refractivity contribution in [1.29, 1.82) is 0 Å². The van der Waals surface area contributed by atoms with Crippen LogP contribution in [0.15, 0.2) is 24.3 Å². The maximum Gasteiger partial charge on any atom is 0.422 e. The Hall–Kier alpha value is -3.44. The number of fused-ring (bicyclic) bond motifs is 1. The lowest BCUT2D eigenvalue weighted by Gasteiger charge is -2.32. The first-order valence-corrected chi connectivity index (χ1v) is 8.43. The molecule has 0 unspecified atom stereocenters. The van der Waals surface area contributed by atoms with Crippen LogP contribution in [-0.4, -0.2) is 28.2 Å². The predicted octanol–water partition coefficient (Wildman–Crippen LogP) is 4.28. The molecule has 5 nitrogen and oxygen atoms in total. The summed E-state index contributed by atoms with van der Waals surface area (Å²) in [4.78, 5) is 38.2. The number of nitrogens with one attached hydrogen (secondary N) is 1. The highest BCUT2D eigenvalue weighted by atomic mass is 19.4. The summed E-state index contributed by atoms with van der Waals surface area (Å²) in [7, 11) is 0. The fraction of sp³-hybridized carbons (Fsp3) is 0.211. The Kier molecular flexibility index (Phi) is 5.07. The fourth-order valence-corrected chi connectivity index (χ4v) is 3.06. The van der Waals surface area contributed by atoms with E-state index < -0.39 is 64.0 Å². The molecule has 3 amide bonds. The molecule has 0 aromatic heterocycles. The van der Waals surface area contributed by atoms with Gasteiger partial charge in [0, 0.05) is 0 Å². The lowest BCUT2D eigenvalue weighted by atomic mass is 10.0. The molecule has 1 aliphatic heterocycles. The zero-order valence-electron chi connectivity index (χ0n) is 15.6. The number of amides is 3. The van der Waals surface area contributed by atoms with Gasteiger partial charge >= 0.3 is 6.18 Å². The van der Waals surface area contributed by atoms with E-state index in [9.17, 15) is 45.1 Å². The largest absolute Gasteiger partial charge is 0.422 e. The summed E-state index contributed by atoms with van der Waals surface area (Å²) in [6.45, 7) is 1.99. The van der Waals surface area contributed by atoms with E-state index in [4.69, 9.17) is 0 Å². The molecule has 0 saturated carbocycles. The van der Waals surface area contributed by atoms with Crippen molar-refractivity contribution in [3.63, 3.8) is 0 Å². The molecule has 0 fully saturated rings. The number of imide groups is 1. The van der Waals surface area contributed by atoms with Crippen molar-refractivity contribution in [2.75, 3.05) is 5.32 Å². The van der Waals surface area contributed by atoms with Crippen LogP contribution in [-0.2, 0) is 11.0 Å². The third-order valence-corrected chi connectivity index (χ3v) is 4.69. The van der Waals surface area contributed by atoms with Crippen LogP contribution >= 0.6 is 0 Å². The molecular formula is C19H11F7N2O3. The number of rotatable bonds is 3. The van der Waals surface area contributed by atoms with Crippen LogP contribution in [0.4, 0.5) is 36.4 Å². The van der Waals surface area contributed by atoms with Crippen LogP contribution in [0.1, 0.15) is 40.1 Å². The van der Waals surface area contributed by atoms with Gasteiger partial charge in [0.2, 0.25) is 5.91 Å². The number of benzene rings is 2. The quantitative estimate of drug-likeness (QED) is 0.433. The molecule has 31 heavy (non-hydrogen) atoms. The normalized spacial score (nSPS) is 14.2. The van der Waals surface area contributed by atoms with Gasteiger partial charge in [-0.05, 0) is 26.0 Å². The molecule has 12 heteroatoms. The minimum atomic E-state index is -5.75. The van der Waals surface area contributed by atoms with E-state index in [0.29, 0.717) is 4.90 Å². The molecule has 0 aliphatic carbocycles. The van der Waals surface area contributed by atoms with Crippen molar-refractivity contribution in [3.8, 4) is 0 Å². The van der Waals surface area contributed by atoms with Crippen LogP contribution in [0.3, 0.4) is 0 Å². The Bertz CT molecular complexity index is 1080. The van der Waals surface area contributed by atoms with Gasteiger partial charge in [0.15, 0.2) is 23.3 Å². The number of carbonyl (C=O) groups is 3. The maximum atomic E-state index is 14.1. The standard InChI is InChI=1S/C19H11F7N2O3/c1-18(2,28-15(29)7-5-3-4-6-8(7)16(28)30)17(31)27-14-12(22)10(20)9(19(24,25)26)11(21)13(14)23/h3-6H,1-2H3,(H,27,31). The molecule has 0 spiro atoms. The third-order valence-electron chi connectivity index (χ3n) is 4.69. The molecular weight excluding hydrogens is 437 g/mol. The molecule has 1 N–H and O–H groups in total. The number of halogens is 7. The molecule has 2 aromatic rings. The van der Waals surface area contributed by atoms with Gasteiger partial charge in [0.1, 0.15) is 16.8 Å². The monoisotopic (exact) mass is 448 g/mol. The third kappa shape index (κ3) is 3.31. The highest BCUT2D eigenvalue weighted by Gasteiger charge is 2.49. The van der Waals surface area contributed by atoms with Crippen LogP contribution in [0.2, 0.25) is 0 Å². The summed E-state index contributed by atoms with van der Waals surface area (Å²) in [6, 6.07) is 5.48. The number of anilines is 1. The van der Waals surface area contributed by atoms with Gasteiger partial charge in [0.25, 0.3) is 11.8 Å². The minimum absolute atomic E-state index is 0.0580. The average molecular weight is 448 g/mol. The van der Waals surface area contributed by atoms with Crippen LogP contribution in [0, 0.1) is 23.3 Å². The van der Waals surface area contributed by atoms with Gasteiger partial charge in [0.05, 0.1) is 11.1 Å². The molecule has 0 atom stereocenters. The fourth-order valence-electron chi connectivity index (χ4n) is 3.06. The summed E-state index contributed by atoms with van der Waals surface area (Å²) in [5.74, 6) is -13.9. The molecule has 0 radical (unpaired) electrons.